The number of rotatable bonds is 4. The van der Waals surface area contributed by atoms with Gasteiger partial charge in [0.2, 0.25) is 10.0 Å². The Balaban J connectivity index is 1.88. The number of hydrogen-bond acceptors (Lipinski definition) is 4. The molecule has 7 heteroatoms. The summed E-state index contributed by atoms with van der Waals surface area (Å²) in [4.78, 5) is 10.2. The van der Waals surface area contributed by atoms with E-state index in [1.807, 2.05) is 25.1 Å². The van der Waals surface area contributed by atoms with Crippen LogP contribution >= 0.6 is 0 Å². The first-order chi connectivity index (χ1) is 11.4. The molecule has 0 saturated carbocycles. The Kier molecular flexibility index (Phi) is 4.28. The van der Waals surface area contributed by atoms with Crippen LogP contribution in [0.25, 0.3) is 0 Å². The van der Waals surface area contributed by atoms with Crippen molar-refractivity contribution in [3.63, 3.8) is 0 Å². The van der Waals surface area contributed by atoms with Crippen molar-refractivity contribution < 1.29 is 13.3 Å². The standard InChI is InChI=1S/C17H18N2O4S/c1-13-4-9-17-15(11-13)3-2-10-18(17)24(22,23)12-14-5-7-16(8-6-14)19(20)21/h4-9,11H,2-3,10,12H2,1H3. The third kappa shape index (κ3) is 3.26. The monoisotopic (exact) mass is 346 g/mol. The van der Waals surface area contributed by atoms with Gasteiger partial charge in [0.1, 0.15) is 0 Å². The second-order valence-electron chi connectivity index (χ2n) is 5.99. The van der Waals surface area contributed by atoms with Gasteiger partial charge in [-0.15, -0.1) is 0 Å². The fourth-order valence-corrected chi connectivity index (χ4v) is 4.64. The molecular weight excluding hydrogens is 328 g/mol. The molecule has 24 heavy (non-hydrogen) atoms. The molecule has 3 rings (SSSR count). The molecule has 0 bridgehead atoms. The molecule has 1 aliphatic heterocycles. The lowest BCUT2D eigenvalue weighted by molar-refractivity contribution is -0.384. The van der Waals surface area contributed by atoms with Crippen molar-refractivity contribution >= 4 is 21.4 Å². The first kappa shape index (κ1) is 16.4. The molecule has 0 radical (unpaired) electrons. The van der Waals surface area contributed by atoms with Crippen molar-refractivity contribution in [3.8, 4) is 0 Å². The summed E-state index contributed by atoms with van der Waals surface area (Å²) in [5, 5.41) is 10.7. The average Bonchev–Trinajstić information content (AvgIpc) is 2.54. The molecular formula is C17H18N2O4S. The number of aryl methyl sites for hydroxylation is 2. The van der Waals surface area contributed by atoms with Crippen molar-refractivity contribution in [2.24, 2.45) is 0 Å². The van der Waals surface area contributed by atoms with E-state index >= 15 is 0 Å². The van der Waals surface area contributed by atoms with Crippen LogP contribution in [-0.2, 0) is 22.2 Å². The van der Waals surface area contributed by atoms with E-state index in [2.05, 4.69) is 0 Å². The van der Waals surface area contributed by atoms with Crippen molar-refractivity contribution in [2.45, 2.75) is 25.5 Å². The molecule has 2 aromatic rings. The number of fused-ring (bicyclic) bond motifs is 1. The summed E-state index contributed by atoms with van der Waals surface area (Å²) in [6, 6.07) is 11.5. The molecule has 1 heterocycles. The minimum Gasteiger partial charge on any atom is -0.270 e. The van der Waals surface area contributed by atoms with Crippen molar-refractivity contribution in [3.05, 3.63) is 69.3 Å². The van der Waals surface area contributed by atoms with E-state index in [4.69, 9.17) is 0 Å². The molecule has 6 nitrogen and oxygen atoms in total. The van der Waals surface area contributed by atoms with Crippen LogP contribution in [-0.4, -0.2) is 19.9 Å². The predicted molar refractivity (Wildman–Crippen MR) is 92.6 cm³/mol. The molecule has 2 aromatic carbocycles. The normalized spacial score (nSPS) is 14.3. The Morgan fingerprint density at radius 3 is 2.54 bits per heavy atom. The van der Waals surface area contributed by atoms with E-state index in [1.165, 1.54) is 28.6 Å². The van der Waals surface area contributed by atoms with Gasteiger partial charge in [-0.05, 0) is 37.0 Å². The zero-order valence-electron chi connectivity index (χ0n) is 13.3. The van der Waals surface area contributed by atoms with Crippen molar-refractivity contribution in [1.29, 1.82) is 0 Å². The van der Waals surface area contributed by atoms with Gasteiger partial charge >= 0.3 is 0 Å². The topological polar surface area (TPSA) is 80.5 Å². The highest BCUT2D eigenvalue weighted by atomic mass is 32.2. The Labute approximate surface area is 140 Å². The van der Waals surface area contributed by atoms with Crippen LogP contribution in [0.3, 0.4) is 0 Å². The van der Waals surface area contributed by atoms with Crippen LogP contribution in [0.15, 0.2) is 42.5 Å². The minimum atomic E-state index is -3.53. The summed E-state index contributed by atoms with van der Waals surface area (Å²) < 4.78 is 27.1. The molecule has 0 aliphatic carbocycles. The first-order valence-electron chi connectivity index (χ1n) is 7.70. The molecule has 0 spiro atoms. The number of non-ortho nitro benzene ring substituents is 1. The maximum Gasteiger partial charge on any atom is 0.269 e. The second-order valence-corrected chi connectivity index (χ2v) is 7.88. The van der Waals surface area contributed by atoms with Gasteiger partial charge in [0.15, 0.2) is 0 Å². The highest BCUT2D eigenvalue weighted by molar-refractivity contribution is 7.92. The SMILES string of the molecule is Cc1ccc2c(c1)CCCN2S(=O)(=O)Cc1ccc([N+](=O)[O-])cc1. The molecule has 0 atom stereocenters. The van der Waals surface area contributed by atoms with Gasteiger partial charge in [-0.3, -0.25) is 14.4 Å². The van der Waals surface area contributed by atoms with Crippen molar-refractivity contribution in [2.75, 3.05) is 10.8 Å². The maximum atomic E-state index is 12.8. The molecule has 0 aromatic heterocycles. The molecule has 0 fully saturated rings. The quantitative estimate of drug-likeness (QED) is 0.629. The van der Waals surface area contributed by atoms with E-state index in [0.29, 0.717) is 12.1 Å². The number of nitro groups is 1. The number of nitrogens with zero attached hydrogens (tertiary/aromatic N) is 2. The molecule has 0 unspecified atom stereocenters. The Bertz CT molecular complexity index is 876. The Morgan fingerprint density at radius 1 is 1.17 bits per heavy atom. The zero-order valence-corrected chi connectivity index (χ0v) is 14.1. The number of benzene rings is 2. The van der Waals surface area contributed by atoms with E-state index < -0.39 is 14.9 Å². The average molecular weight is 346 g/mol. The van der Waals surface area contributed by atoms with Gasteiger partial charge in [0, 0.05) is 18.7 Å². The van der Waals surface area contributed by atoms with Crippen LogP contribution in [0.2, 0.25) is 0 Å². The Hall–Kier alpha value is -2.41. The van der Waals surface area contributed by atoms with Crippen LogP contribution < -0.4 is 4.31 Å². The molecule has 0 saturated heterocycles. The van der Waals surface area contributed by atoms with Gasteiger partial charge < -0.3 is 0 Å². The first-order valence-corrected chi connectivity index (χ1v) is 9.31. The van der Waals surface area contributed by atoms with E-state index in [-0.39, 0.29) is 11.4 Å². The number of nitro benzene ring substituents is 1. The third-order valence-corrected chi connectivity index (χ3v) is 5.89. The summed E-state index contributed by atoms with van der Waals surface area (Å²) in [7, 11) is -3.53. The van der Waals surface area contributed by atoms with E-state index in [1.54, 1.807) is 0 Å². The fraction of sp³-hybridized carbons (Fsp3) is 0.294. The van der Waals surface area contributed by atoms with Gasteiger partial charge in [0.05, 0.1) is 16.4 Å². The fourth-order valence-electron chi connectivity index (χ4n) is 2.98. The number of hydrogen-bond donors (Lipinski definition) is 0. The van der Waals surface area contributed by atoms with Crippen LogP contribution in [0.4, 0.5) is 11.4 Å². The van der Waals surface area contributed by atoms with Crippen molar-refractivity contribution in [1.82, 2.24) is 0 Å². The van der Waals surface area contributed by atoms with Gasteiger partial charge in [0.25, 0.3) is 5.69 Å². The Morgan fingerprint density at radius 2 is 1.88 bits per heavy atom. The van der Waals surface area contributed by atoms with Crippen LogP contribution in [0, 0.1) is 17.0 Å². The largest absolute Gasteiger partial charge is 0.270 e. The number of sulfonamides is 1. The summed E-state index contributed by atoms with van der Waals surface area (Å²) in [5.74, 6) is -0.168. The van der Waals surface area contributed by atoms with Crippen LogP contribution in [0.1, 0.15) is 23.1 Å². The van der Waals surface area contributed by atoms with E-state index in [9.17, 15) is 18.5 Å². The maximum absolute atomic E-state index is 12.8. The predicted octanol–water partition coefficient (Wildman–Crippen LogP) is 3.19. The second kappa shape index (κ2) is 6.24. The highest BCUT2D eigenvalue weighted by Gasteiger charge is 2.27. The molecule has 0 N–H and O–H groups in total. The summed E-state index contributed by atoms with van der Waals surface area (Å²) in [6.45, 7) is 2.45. The zero-order chi connectivity index (χ0) is 17.3. The number of anilines is 1. The molecule has 0 amide bonds. The van der Waals surface area contributed by atoms with Gasteiger partial charge in [-0.2, -0.15) is 0 Å². The van der Waals surface area contributed by atoms with Gasteiger partial charge in [-0.1, -0.05) is 29.8 Å². The van der Waals surface area contributed by atoms with E-state index in [0.717, 1.165) is 29.7 Å². The lowest BCUT2D eigenvalue weighted by Gasteiger charge is -2.30. The summed E-state index contributed by atoms with van der Waals surface area (Å²) in [6.07, 6.45) is 1.66. The lowest BCUT2D eigenvalue weighted by Crippen LogP contribution is -2.36. The summed E-state index contributed by atoms with van der Waals surface area (Å²) >= 11 is 0. The smallest absolute Gasteiger partial charge is 0.269 e. The highest BCUT2D eigenvalue weighted by Crippen LogP contribution is 2.31. The minimum absolute atomic E-state index is 0.0464. The molecule has 1 aliphatic rings. The third-order valence-electron chi connectivity index (χ3n) is 4.14. The molecule has 126 valence electrons. The van der Waals surface area contributed by atoms with Gasteiger partial charge in [-0.25, -0.2) is 8.42 Å². The van der Waals surface area contributed by atoms with Crippen LogP contribution in [0.5, 0.6) is 0 Å². The summed E-state index contributed by atoms with van der Waals surface area (Å²) in [5.41, 5.74) is 3.40. The lowest BCUT2D eigenvalue weighted by atomic mass is 10.0.